The van der Waals surface area contributed by atoms with E-state index in [1.54, 1.807) is 16.7 Å². The Kier molecular flexibility index (Phi) is 3.74. The summed E-state index contributed by atoms with van der Waals surface area (Å²) in [6, 6.07) is 16.8. The van der Waals surface area contributed by atoms with Crippen molar-refractivity contribution in [2.75, 3.05) is 5.73 Å². The van der Waals surface area contributed by atoms with Gasteiger partial charge in [-0.2, -0.15) is 0 Å². The molecule has 2 heterocycles. The topological polar surface area (TPSA) is 89.6 Å². The van der Waals surface area contributed by atoms with Crippen molar-refractivity contribution in [1.29, 1.82) is 0 Å². The number of aromatic nitrogens is 4. The molecule has 2 aromatic heterocycles. The number of nitrogens with zero attached hydrogens (tertiary/aromatic N) is 3. The van der Waals surface area contributed by atoms with Gasteiger partial charge < -0.3 is 10.7 Å². The van der Waals surface area contributed by atoms with Gasteiger partial charge >= 0.3 is 5.69 Å². The SMILES string of the molecule is Nc1nc(-c2ccc(Cl)cc2)nc2c1[nH]c(=O)n2Cc1ccccc1. The van der Waals surface area contributed by atoms with Crippen molar-refractivity contribution in [3.05, 3.63) is 75.7 Å². The van der Waals surface area contributed by atoms with Crippen molar-refractivity contribution < 1.29 is 0 Å². The fourth-order valence-corrected chi connectivity index (χ4v) is 2.82. The highest BCUT2D eigenvalue weighted by Gasteiger charge is 2.15. The first-order chi connectivity index (χ1) is 12.1. The Morgan fingerprint density at radius 3 is 2.48 bits per heavy atom. The Morgan fingerprint density at radius 2 is 1.76 bits per heavy atom. The number of imidazole rings is 1. The summed E-state index contributed by atoms with van der Waals surface area (Å²) < 4.78 is 1.56. The molecule has 0 bridgehead atoms. The quantitative estimate of drug-likeness (QED) is 0.593. The maximum Gasteiger partial charge on any atom is 0.328 e. The van der Waals surface area contributed by atoms with E-state index in [0.717, 1.165) is 11.1 Å². The van der Waals surface area contributed by atoms with Gasteiger partial charge in [0.1, 0.15) is 5.52 Å². The Bertz CT molecular complexity index is 1100. The number of benzene rings is 2. The minimum atomic E-state index is -0.270. The molecule has 0 saturated heterocycles. The molecule has 124 valence electrons. The molecule has 0 fully saturated rings. The van der Waals surface area contributed by atoms with E-state index < -0.39 is 0 Å². The van der Waals surface area contributed by atoms with Crippen LogP contribution in [0.3, 0.4) is 0 Å². The van der Waals surface area contributed by atoms with Gasteiger partial charge in [0.2, 0.25) is 0 Å². The lowest BCUT2D eigenvalue weighted by atomic mass is 10.2. The second-order valence-electron chi connectivity index (χ2n) is 5.64. The number of aromatic amines is 1. The van der Waals surface area contributed by atoms with E-state index in [9.17, 15) is 4.79 Å². The van der Waals surface area contributed by atoms with Crippen molar-refractivity contribution in [1.82, 2.24) is 19.5 Å². The highest BCUT2D eigenvalue weighted by molar-refractivity contribution is 6.30. The standard InChI is InChI=1S/C18H14ClN5O/c19-13-8-6-12(7-9-13)16-22-15(20)14-17(23-16)24(18(25)21-14)10-11-4-2-1-3-5-11/h1-9H,10H2,(H,21,25)(H2,20,22,23). The number of fused-ring (bicyclic) bond motifs is 1. The minimum absolute atomic E-state index is 0.235. The first kappa shape index (κ1) is 15.4. The Hall–Kier alpha value is -3.12. The zero-order valence-electron chi connectivity index (χ0n) is 13.1. The van der Waals surface area contributed by atoms with Gasteiger partial charge in [-0.05, 0) is 29.8 Å². The predicted octanol–water partition coefficient (Wildman–Crippen LogP) is 3.07. The van der Waals surface area contributed by atoms with Crippen molar-refractivity contribution in [3.8, 4) is 11.4 Å². The summed E-state index contributed by atoms with van der Waals surface area (Å²) in [4.78, 5) is 23.9. The molecule has 3 N–H and O–H groups in total. The molecule has 0 aliphatic rings. The number of nitrogens with one attached hydrogen (secondary N) is 1. The van der Waals surface area contributed by atoms with Crippen molar-refractivity contribution in [3.63, 3.8) is 0 Å². The molecule has 0 unspecified atom stereocenters. The van der Waals surface area contributed by atoms with E-state index in [1.807, 2.05) is 42.5 Å². The van der Waals surface area contributed by atoms with E-state index in [-0.39, 0.29) is 11.5 Å². The molecule has 7 heteroatoms. The van der Waals surface area contributed by atoms with E-state index in [2.05, 4.69) is 15.0 Å². The van der Waals surface area contributed by atoms with Crippen LogP contribution in [0, 0.1) is 0 Å². The molecule has 0 aliphatic heterocycles. The lowest BCUT2D eigenvalue weighted by Crippen LogP contribution is -2.17. The Morgan fingerprint density at radius 1 is 1.04 bits per heavy atom. The first-order valence-electron chi connectivity index (χ1n) is 7.68. The van der Waals surface area contributed by atoms with Gasteiger partial charge in [0.15, 0.2) is 17.3 Å². The summed E-state index contributed by atoms with van der Waals surface area (Å²) in [6.45, 7) is 0.399. The molecule has 0 amide bonds. The molecule has 4 aromatic rings. The number of nitrogen functional groups attached to an aromatic ring is 1. The molecule has 0 radical (unpaired) electrons. The lowest BCUT2D eigenvalue weighted by Gasteiger charge is -2.06. The zero-order valence-corrected chi connectivity index (χ0v) is 13.9. The van der Waals surface area contributed by atoms with Gasteiger partial charge in [0.25, 0.3) is 0 Å². The monoisotopic (exact) mass is 351 g/mol. The van der Waals surface area contributed by atoms with Crippen molar-refractivity contribution in [2.45, 2.75) is 6.54 Å². The molecular weight excluding hydrogens is 338 g/mol. The fourth-order valence-electron chi connectivity index (χ4n) is 2.69. The molecule has 0 aliphatic carbocycles. The second-order valence-corrected chi connectivity index (χ2v) is 6.08. The molecular formula is C18H14ClN5O. The van der Waals surface area contributed by atoms with Crippen LogP contribution >= 0.6 is 11.6 Å². The average molecular weight is 352 g/mol. The van der Waals surface area contributed by atoms with Crippen molar-refractivity contribution in [2.24, 2.45) is 0 Å². The van der Waals surface area contributed by atoms with Crippen molar-refractivity contribution >= 4 is 28.6 Å². The molecule has 6 nitrogen and oxygen atoms in total. The van der Waals surface area contributed by atoms with E-state index >= 15 is 0 Å². The van der Waals surface area contributed by atoms with Crippen LogP contribution in [0.15, 0.2) is 59.4 Å². The van der Waals surface area contributed by atoms with Crippen LogP contribution in [0.4, 0.5) is 5.82 Å². The summed E-state index contributed by atoms with van der Waals surface area (Å²) in [5.74, 6) is 0.682. The van der Waals surface area contributed by atoms with Gasteiger partial charge in [-0.25, -0.2) is 14.8 Å². The maximum absolute atomic E-state index is 12.4. The highest BCUT2D eigenvalue weighted by Crippen LogP contribution is 2.23. The van der Waals surface area contributed by atoms with Gasteiger partial charge in [-0.15, -0.1) is 0 Å². The summed E-state index contributed by atoms with van der Waals surface area (Å²) >= 11 is 5.93. The molecule has 4 rings (SSSR count). The smallest absolute Gasteiger partial charge is 0.328 e. The number of anilines is 1. The molecule has 0 atom stereocenters. The number of hydrogen-bond acceptors (Lipinski definition) is 4. The van der Waals surface area contributed by atoms with Crippen LogP contribution in [0.25, 0.3) is 22.6 Å². The third-order valence-electron chi connectivity index (χ3n) is 3.94. The van der Waals surface area contributed by atoms with Gasteiger partial charge in [-0.3, -0.25) is 4.57 Å². The zero-order chi connectivity index (χ0) is 17.4. The summed E-state index contributed by atoms with van der Waals surface area (Å²) in [7, 11) is 0. The Labute approximate surface area is 147 Å². The lowest BCUT2D eigenvalue weighted by molar-refractivity contribution is 0.778. The van der Waals surface area contributed by atoms with Crippen LogP contribution in [0.2, 0.25) is 5.02 Å². The second kappa shape index (κ2) is 6.07. The Balaban J connectivity index is 1.87. The number of H-pyrrole nitrogens is 1. The summed E-state index contributed by atoms with van der Waals surface area (Å²) in [6.07, 6.45) is 0. The van der Waals surface area contributed by atoms with E-state index in [4.69, 9.17) is 17.3 Å². The minimum Gasteiger partial charge on any atom is -0.382 e. The van der Waals surface area contributed by atoms with Crippen LogP contribution in [0.5, 0.6) is 0 Å². The molecule has 2 aromatic carbocycles. The van der Waals surface area contributed by atoms with Crippen LogP contribution in [-0.2, 0) is 6.54 Å². The van der Waals surface area contributed by atoms with Gasteiger partial charge in [0, 0.05) is 10.6 Å². The molecule has 25 heavy (non-hydrogen) atoms. The van der Waals surface area contributed by atoms with Crippen LogP contribution in [-0.4, -0.2) is 19.5 Å². The first-order valence-corrected chi connectivity index (χ1v) is 8.05. The third kappa shape index (κ3) is 2.88. The maximum atomic E-state index is 12.4. The molecule has 0 saturated carbocycles. The largest absolute Gasteiger partial charge is 0.382 e. The number of nitrogens with two attached hydrogens (primary N) is 1. The number of halogens is 1. The van der Waals surface area contributed by atoms with Crippen LogP contribution < -0.4 is 11.4 Å². The fraction of sp³-hybridized carbons (Fsp3) is 0.0556. The summed E-state index contributed by atoms with van der Waals surface area (Å²) in [5, 5.41) is 0.625. The highest BCUT2D eigenvalue weighted by atomic mass is 35.5. The van der Waals surface area contributed by atoms with Gasteiger partial charge in [0.05, 0.1) is 6.54 Å². The number of hydrogen-bond donors (Lipinski definition) is 2. The summed E-state index contributed by atoms with van der Waals surface area (Å²) in [5.41, 5.74) is 8.46. The van der Waals surface area contributed by atoms with Gasteiger partial charge in [-0.1, -0.05) is 41.9 Å². The normalized spacial score (nSPS) is 11.1. The van der Waals surface area contributed by atoms with Crippen LogP contribution in [0.1, 0.15) is 5.56 Å². The number of rotatable bonds is 3. The molecule has 0 spiro atoms. The average Bonchev–Trinajstić information content (AvgIpc) is 2.93. The predicted molar refractivity (Wildman–Crippen MR) is 98.6 cm³/mol. The van der Waals surface area contributed by atoms with E-state index in [0.29, 0.717) is 28.6 Å². The third-order valence-corrected chi connectivity index (χ3v) is 4.19. The van der Waals surface area contributed by atoms with E-state index in [1.165, 1.54) is 0 Å².